The van der Waals surface area contributed by atoms with Crippen molar-refractivity contribution in [3.05, 3.63) is 64.3 Å². The molecule has 3 heteroatoms. The summed E-state index contributed by atoms with van der Waals surface area (Å²) >= 11 is 0. The van der Waals surface area contributed by atoms with Crippen molar-refractivity contribution in [1.82, 2.24) is 0 Å². The first-order valence-electron chi connectivity index (χ1n) is 7.26. The summed E-state index contributed by atoms with van der Waals surface area (Å²) in [6.07, 6.45) is 10.0. The lowest BCUT2D eigenvalue weighted by Gasteiger charge is -2.11. The van der Waals surface area contributed by atoms with Crippen molar-refractivity contribution >= 4 is 14.1 Å². The average Bonchev–Trinajstić information content (AvgIpc) is 2.43. The van der Waals surface area contributed by atoms with Crippen LogP contribution in [0.5, 0.6) is 0 Å². The lowest BCUT2D eigenvalue weighted by atomic mass is 9.96. The summed E-state index contributed by atoms with van der Waals surface area (Å²) in [6, 6.07) is 4.36. The summed E-state index contributed by atoms with van der Waals surface area (Å²) in [6.45, 7) is 8.68. The molecule has 0 bridgehead atoms. The number of aryl methyl sites for hydroxylation is 3. The van der Waals surface area contributed by atoms with E-state index in [0.29, 0.717) is 6.61 Å². The molecule has 2 rings (SSSR count). The van der Waals surface area contributed by atoms with Crippen molar-refractivity contribution in [3.63, 3.8) is 0 Å². The van der Waals surface area contributed by atoms with Gasteiger partial charge in [0.2, 0.25) is 5.66 Å². The van der Waals surface area contributed by atoms with Crippen LogP contribution in [-0.4, -0.2) is 12.3 Å². The van der Waals surface area contributed by atoms with Gasteiger partial charge in [-0.05, 0) is 61.1 Å². The molecule has 0 N–H and O–H groups in total. The second-order valence-electron chi connectivity index (χ2n) is 5.35. The van der Waals surface area contributed by atoms with Gasteiger partial charge in [0.05, 0.1) is 6.61 Å². The van der Waals surface area contributed by atoms with E-state index in [1.807, 2.05) is 31.2 Å². The lowest BCUT2D eigenvalue weighted by molar-refractivity contribution is 0.349. The third-order valence-corrected chi connectivity index (χ3v) is 5.00. The Balaban J connectivity index is 2.41. The molecule has 110 valence electrons. The summed E-state index contributed by atoms with van der Waals surface area (Å²) in [7, 11) is -1.72. The maximum absolute atomic E-state index is 12.2. The zero-order chi connectivity index (χ0) is 15.4. The third-order valence-electron chi connectivity index (χ3n) is 3.57. The number of hydrogen-bond donors (Lipinski definition) is 0. The Labute approximate surface area is 128 Å². The van der Waals surface area contributed by atoms with E-state index in [2.05, 4.69) is 39.0 Å². The first-order valence-corrected chi connectivity index (χ1v) is 8.51. The molecule has 0 heterocycles. The first-order chi connectivity index (χ1) is 10.0. The summed E-state index contributed by atoms with van der Waals surface area (Å²) < 4.78 is 17.5. The summed E-state index contributed by atoms with van der Waals surface area (Å²) in [5.41, 5.74) is 5.84. The first kappa shape index (κ1) is 15.9. The van der Waals surface area contributed by atoms with Crippen LogP contribution >= 0.6 is 8.03 Å². The van der Waals surface area contributed by atoms with Crippen molar-refractivity contribution in [1.29, 1.82) is 0 Å². The van der Waals surface area contributed by atoms with E-state index < -0.39 is 8.03 Å². The Morgan fingerprint density at radius 2 is 1.86 bits per heavy atom. The fraction of sp³-hybridized carbons (Fsp3) is 0.333. The molecule has 0 fully saturated rings. The Morgan fingerprint density at radius 3 is 2.48 bits per heavy atom. The molecule has 1 aliphatic carbocycles. The fourth-order valence-electron chi connectivity index (χ4n) is 2.66. The zero-order valence-corrected chi connectivity index (χ0v) is 14.0. The van der Waals surface area contributed by atoms with Crippen LogP contribution in [0.3, 0.4) is 0 Å². The van der Waals surface area contributed by atoms with Crippen molar-refractivity contribution in [2.45, 2.75) is 33.4 Å². The number of benzene rings is 1. The van der Waals surface area contributed by atoms with Crippen LogP contribution < -0.4 is 0 Å². The fourth-order valence-corrected chi connectivity index (χ4v) is 3.72. The maximum atomic E-state index is 12.2. The zero-order valence-electron chi connectivity index (χ0n) is 13.1. The van der Waals surface area contributed by atoms with Crippen LogP contribution in [0.25, 0.3) is 6.08 Å². The Kier molecular flexibility index (Phi) is 5.27. The van der Waals surface area contributed by atoms with Crippen molar-refractivity contribution < 1.29 is 9.09 Å². The normalized spacial score (nSPS) is 20.1. The van der Waals surface area contributed by atoms with Crippen LogP contribution in [-0.2, 0) is 9.09 Å². The Bertz CT molecular complexity index is 616. The van der Waals surface area contributed by atoms with Crippen LogP contribution in [0.15, 0.2) is 42.0 Å². The van der Waals surface area contributed by atoms with Crippen LogP contribution in [0, 0.1) is 20.8 Å². The van der Waals surface area contributed by atoms with Gasteiger partial charge in [0.1, 0.15) is 0 Å². The molecular weight excluding hydrogens is 279 g/mol. The highest BCUT2D eigenvalue weighted by Crippen LogP contribution is 2.38. The predicted molar refractivity (Wildman–Crippen MR) is 89.9 cm³/mol. The van der Waals surface area contributed by atoms with E-state index in [1.54, 1.807) is 0 Å². The van der Waals surface area contributed by atoms with Gasteiger partial charge in [0.25, 0.3) is 0 Å². The van der Waals surface area contributed by atoms with Gasteiger partial charge in [-0.1, -0.05) is 35.9 Å². The minimum Gasteiger partial charge on any atom is -0.146 e. The molecule has 0 aliphatic heterocycles. The Morgan fingerprint density at radius 1 is 1.19 bits per heavy atom. The summed E-state index contributed by atoms with van der Waals surface area (Å²) in [5, 5.41) is 0. The molecule has 2 atom stereocenters. The highest BCUT2D eigenvalue weighted by atomic mass is 31.1. The van der Waals surface area contributed by atoms with Gasteiger partial charge in [-0.2, -0.15) is 0 Å². The molecular formula is C18H22O2P+. The quantitative estimate of drug-likeness (QED) is 0.708. The van der Waals surface area contributed by atoms with Crippen LogP contribution in [0.4, 0.5) is 0 Å². The molecule has 2 unspecified atom stereocenters. The van der Waals surface area contributed by atoms with Crippen molar-refractivity contribution in [2.24, 2.45) is 0 Å². The smallest absolute Gasteiger partial charge is 0.146 e. The van der Waals surface area contributed by atoms with E-state index in [-0.39, 0.29) is 5.66 Å². The van der Waals surface area contributed by atoms with Gasteiger partial charge in [0, 0.05) is 5.57 Å². The minimum atomic E-state index is -1.72. The number of rotatable bonds is 4. The molecule has 0 amide bonds. The summed E-state index contributed by atoms with van der Waals surface area (Å²) in [5.74, 6) is 0. The number of allylic oxidation sites excluding steroid dienone is 5. The molecule has 0 spiro atoms. The highest BCUT2D eigenvalue weighted by Gasteiger charge is 2.33. The largest absolute Gasteiger partial charge is 0.520 e. The standard InChI is InChI=1S/C18H22O2P/c1-5-20-21(19)18-9-7-6-8-16(18)12-17-14(3)10-13(2)11-15(17)4/h6-12,18H,5H2,1-4H3/q+1. The predicted octanol–water partition coefficient (Wildman–Crippen LogP) is 5.27. The van der Waals surface area contributed by atoms with E-state index in [9.17, 15) is 4.57 Å². The van der Waals surface area contributed by atoms with Crippen LogP contribution in [0.2, 0.25) is 0 Å². The van der Waals surface area contributed by atoms with E-state index in [4.69, 9.17) is 4.52 Å². The summed E-state index contributed by atoms with van der Waals surface area (Å²) in [4.78, 5) is 0. The van der Waals surface area contributed by atoms with Gasteiger partial charge in [-0.3, -0.25) is 0 Å². The molecule has 0 aromatic heterocycles. The topological polar surface area (TPSA) is 26.3 Å². The van der Waals surface area contributed by atoms with Crippen molar-refractivity contribution in [3.8, 4) is 0 Å². The second-order valence-corrected chi connectivity index (χ2v) is 6.73. The van der Waals surface area contributed by atoms with Crippen LogP contribution in [0.1, 0.15) is 29.2 Å². The molecule has 1 aliphatic rings. The van der Waals surface area contributed by atoms with Gasteiger partial charge >= 0.3 is 8.03 Å². The van der Waals surface area contributed by atoms with Gasteiger partial charge in [0.15, 0.2) is 0 Å². The molecule has 0 radical (unpaired) electrons. The highest BCUT2D eigenvalue weighted by molar-refractivity contribution is 7.40. The van der Waals surface area contributed by atoms with Crippen molar-refractivity contribution in [2.75, 3.05) is 6.61 Å². The molecule has 21 heavy (non-hydrogen) atoms. The molecule has 0 saturated carbocycles. The monoisotopic (exact) mass is 301 g/mol. The van der Waals surface area contributed by atoms with E-state index >= 15 is 0 Å². The second kappa shape index (κ2) is 6.98. The maximum Gasteiger partial charge on any atom is 0.520 e. The number of hydrogen-bond acceptors (Lipinski definition) is 2. The van der Waals surface area contributed by atoms with Gasteiger partial charge in [-0.15, -0.1) is 4.52 Å². The Hall–Kier alpha value is -1.50. The van der Waals surface area contributed by atoms with E-state index in [0.717, 1.165) is 5.57 Å². The molecule has 2 nitrogen and oxygen atoms in total. The van der Waals surface area contributed by atoms with Gasteiger partial charge < -0.3 is 0 Å². The van der Waals surface area contributed by atoms with E-state index in [1.165, 1.54) is 22.3 Å². The minimum absolute atomic E-state index is 0.162. The third kappa shape index (κ3) is 3.78. The molecule has 1 aromatic rings. The lowest BCUT2D eigenvalue weighted by Crippen LogP contribution is -2.06. The molecule has 0 saturated heterocycles. The molecule has 1 aromatic carbocycles. The SMILES string of the molecule is CCO[P+](=O)C1C=CC=CC1=Cc1c(C)cc(C)cc1C. The average molecular weight is 301 g/mol. The van der Waals surface area contributed by atoms with Gasteiger partial charge in [-0.25, -0.2) is 0 Å².